The number of ether oxygens (including phenoxy) is 1. The molecule has 0 radical (unpaired) electrons. The molecule has 0 aliphatic rings. The second kappa shape index (κ2) is 6.56. The number of thioether (sulfide) groups is 1. The van der Waals surface area contributed by atoms with Gasteiger partial charge in [0.2, 0.25) is 0 Å². The molecule has 0 bridgehead atoms. The van der Waals surface area contributed by atoms with E-state index in [1.807, 2.05) is 30.5 Å². The van der Waals surface area contributed by atoms with Crippen LogP contribution in [0.2, 0.25) is 0 Å². The van der Waals surface area contributed by atoms with Gasteiger partial charge in [-0.1, -0.05) is 6.07 Å². The van der Waals surface area contributed by atoms with Gasteiger partial charge in [0.25, 0.3) is 0 Å². The highest BCUT2D eigenvalue weighted by Crippen LogP contribution is 2.43. The average molecular weight is 329 g/mol. The lowest BCUT2D eigenvalue weighted by Gasteiger charge is -2.06. The predicted molar refractivity (Wildman–Crippen MR) is 94.4 cm³/mol. The van der Waals surface area contributed by atoms with E-state index in [0.29, 0.717) is 23.6 Å². The molecule has 4 nitrogen and oxygen atoms in total. The van der Waals surface area contributed by atoms with Crippen LogP contribution >= 0.6 is 11.8 Å². The minimum atomic E-state index is 0.140. The topological polar surface area (TPSA) is 68.6 Å². The van der Waals surface area contributed by atoms with Crippen molar-refractivity contribution in [2.75, 3.05) is 19.9 Å². The highest BCUT2D eigenvalue weighted by atomic mass is 32.2. The van der Waals surface area contributed by atoms with Gasteiger partial charge in [0, 0.05) is 11.5 Å². The van der Waals surface area contributed by atoms with Gasteiger partial charge in [0.05, 0.1) is 17.6 Å². The fourth-order valence-corrected chi connectivity index (χ4v) is 3.37. The molecule has 0 saturated heterocycles. The molecular weight excluding hydrogens is 310 g/mol. The van der Waals surface area contributed by atoms with E-state index in [0.717, 1.165) is 22.3 Å². The minimum absolute atomic E-state index is 0.140. The monoisotopic (exact) mass is 329 g/mol. The molecule has 3 aromatic rings. The maximum Gasteiger partial charge on any atom is 0.152 e. The molecule has 1 aromatic heterocycles. The van der Waals surface area contributed by atoms with Crippen molar-refractivity contribution in [1.29, 1.82) is 0 Å². The number of phenols is 1. The van der Waals surface area contributed by atoms with Crippen molar-refractivity contribution in [2.24, 2.45) is 5.73 Å². The summed E-state index contributed by atoms with van der Waals surface area (Å²) in [5.74, 6) is 1.43. The highest BCUT2D eigenvalue weighted by Gasteiger charge is 2.18. The van der Waals surface area contributed by atoms with Gasteiger partial charge in [0.15, 0.2) is 5.76 Å². The molecule has 3 rings (SSSR count). The van der Waals surface area contributed by atoms with Crippen LogP contribution < -0.4 is 10.5 Å². The number of fused-ring (bicyclic) bond motifs is 1. The minimum Gasteiger partial charge on any atom is -0.507 e. The van der Waals surface area contributed by atoms with Crippen molar-refractivity contribution >= 4 is 22.7 Å². The number of rotatable bonds is 5. The lowest BCUT2D eigenvalue weighted by atomic mass is 10.1. The van der Waals surface area contributed by atoms with Gasteiger partial charge in [-0.25, -0.2) is 0 Å². The van der Waals surface area contributed by atoms with E-state index in [2.05, 4.69) is 6.07 Å². The third-order valence-corrected chi connectivity index (χ3v) is 4.61. The second-order valence-corrected chi connectivity index (χ2v) is 6.03. The first-order valence-corrected chi connectivity index (χ1v) is 8.57. The molecule has 0 saturated carbocycles. The zero-order valence-electron chi connectivity index (χ0n) is 13.1. The summed E-state index contributed by atoms with van der Waals surface area (Å²) < 4.78 is 11.1. The Morgan fingerprint density at radius 1 is 1.22 bits per heavy atom. The number of aromatic hydroxyl groups is 1. The smallest absolute Gasteiger partial charge is 0.152 e. The Bertz CT molecular complexity index is 842. The maximum absolute atomic E-state index is 10.3. The maximum atomic E-state index is 10.3. The van der Waals surface area contributed by atoms with Crippen LogP contribution in [0.15, 0.2) is 45.7 Å². The molecule has 120 valence electrons. The fraction of sp³-hybridized carbons (Fsp3) is 0.222. The van der Waals surface area contributed by atoms with Gasteiger partial charge in [-0.05, 0) is 49.1 Å². The van der Waals surface area contributed by atoms with Crippen LogP contribution in [-0.2, 0) is 6.42 Å². The van der Waals surface area contributed by atoms with E-state index < -0.39 is 0 Å². The van der Waals surface area contributed by atoms with E-state index in [-0.39, 0.29) is 5.75 Å². The lowest BCUT2D eigenvalue weighted by molar-refractivity contribution is 0.407. The Hall–Kier alpha value is -2.11. The molecule has 0 aliphatic carbocycles. The Balaban J connectivity index is 2.17. The molecule has 0 spiro atoms. The van der Waals surface area contributed by atoms with E-state index in [1.54, 1.807) is 24.9 Å². The molecule has 3 N–H and O–H groups in total. The number of methoxy groups -OCH3 is 1. The second-order valence-electron chi connectivity index (χ2n) is 5.22. The summed E-state index contributed by atoms with van der Waals surface area (Å²) in [6.07, 6.45) is 2.84. The summed E-state index contributed by atoms with van der Waals surface area (Å²) in [5.41, 5.74) is 8.29. The first-order chi connectivity index (χ1) is 11.2. The van der Waals surface area contributed by atoms with Gasteiger partial charge in [-0.2, -0.15) is 0 Å². The standard InChI is InChI=1S/C18H19NO3S/c1-21-12-4-5-13(15(20)10-12)17-18(23-2)14-9-11(7-8-19)3-6-16(14)22-17/h3-6,9-10,20H,7-8,19H2,1-2H3. The summed E-state index contributed by atoms with van der Waals surface area (Å²) in [7, 11) is 1.57. The van der Waals surface area contributed by atoms with Gasteiger partial charge in [-0.15, -0.1) is 11.8 Å². The van der Waals surface area contributed by atoms with Crippen molar-refractivity contribution < 1.29 is 14.3 Å². The van der Waals surface area contributed by atoms with Crippen LogP contribution in [-0.4, -0.2) is 25.0 Å². The van der Waals surface area contributed by atoms with Crippen molar-refractivity contribution in [2.45, 2.75) is 11.3 Å². The van der Waals surface area contributed by atoms with E-state index in [1.165, 1.54) is 5.56 Å². The molecule has 0 unspecified atom stereocenters. The Labute approximate surface area is 139 Å². The van der Waals surface area contributed by atoms with Crippen LogP contribution in [0.4, 0.5) is 0 Å². The molecule has 5 heteroatoms. The zero-order valence-corrected chi connectivity index (χ0v) is 13.9. The first-order valence-electron chi connectivity index (χ1n) is 7.34. The molecular formula is C18H19NO3S. The Kier molecular flexibility index (Phi) is 4.50. The lowest BCUT2D eigenvalue weighted by Crippen LogP contribution is -2.02. The summed E-state index contributed by atoms with van der Waals surface area (Å²) in [6, 6.07) is 11.3. The van der Waals surface area contributed by atoms with Crippen molar-refractivity contribution in [1.82, 2.24) is 0 Å². The average Bonchev–Trinajstić information content (AvgIpc) is 2.92. The third kappa shape index (κ3) is 2.90. The van der Waals surface area contributed by atoms with E-state index >= 15 is 0 Å². The summed E-state index contributed by atoms with van der Waals surface area (Å²) in [5, 5.41) is 11.3. The predicted octanol–water partition coefficient (Wildman–Crippen LogP) is 4.04. The molecule has 0 aliphatic heterocycles. The Morgan fingerprint density at radius 3 is 2.70 bits per heavy atom. The SMILES string of the molecule is COc1ccc(-c2oc3ccc(CCN)cc3c2SC)c(O)c1. The summed E-state index contributed by atoms with van der Waals surface area (Å²) >= 11 is 1.60. The van der Waals surface area contributed by atoms with Crippen LogP contribution in [0.5, 0.6) is 11.5 Å². The number of nitrogens with two attached hydrogens (primary N) is 1. The van der Waals surface area contributed by atoms with Crippen molar-refractivity contribution in [3.05, 3.63) is 42.0 Å². The molecule has 0 amide bonds. The number of hydrogen-bond donors (Lipinski definition) is 2. The van der Waals surface area contributed by atoms with E-state index in [9.17, 15) is 5.11 Å². The molecule has 1 heterocycles. The Morgan fingerprint density at radius 2 is 2.04 bits per heavy atom. The fourth-order valence-electron chi connectivity index (χ4n) is 2.65. The number of hydrogen-bond acceptors (Lipinski definition) is 5. The largest absolute Gasteiger partial charge is 0.507 e. The first kappa shape index (κ1) is 15.8. The van der Waals surface area contributed by atoms with Crippen molar-refractivity contribution in [3.63, 3.8) is 0 Å². The van der Waals surface area contributed by atoms with Gasteiger partial charge >= 0.3 is 0 Å². The molecule has 2 aromatic carbocycles. The van der Waals surface area contributed by atoms with Crippen molar-refractivity contribution in [3.8, 4) is 22.8 Å². The van der Waals surface area contributed by atoms with Gasteiger partial charge in [0.1, 0.15) is 17.1 Å². The summed E-state index contributed by atoms with van der Waals surface area (Å²) in [6.45, 7) is 0.615. The van der Waals surface area contributed by atoms with Crippen LogP contribution in [0, 0.1) is 0 Å². The molecule has 0 fully saturated rings. The molecule has 0 atom stereocenters. The zero-order chi connectivity index (χ0) is 16.4. The van der Waals surface area contributed by atoms with Crippen LogP contribution in [0.3, 0.4) is 0 Å². The number of benzene rings is 2. The quantitative estimate of drug-likeness (QED) is 0.692. The van der Waals surface area contributed by atoms with Crippen LogP contribution in [0.1, 0.15) is 5.56 Å². The number of furan rings is 1. The summed E-state index contributed by atoms with van der Waals surface area (Å²) in [4.78, 5) is 1.01. The van der Waals surface area contributed by atoms with Crippen LogP contribution in [0.25, 0.3) is 22.3 Å². The highest BCUT2D eigenvalue weighted by molar-refractivity contribution is 7.99. The normalized spacial score (nSPS) is 11.1. The van der Waals surface area contributed by atoms with Gasteiger partial charge < -0.3 is 20.0 Å². The van der Waals surface area contributed by atoms with E-state index in [4.69, 9.17) is 14.9 Å². The third-order valence-electron chi connectivity index (χ3n) is 3.79. The molecule has 23 heavy (non-hydrogen) atoms. The van der Waals surface area contributed by atoms with Gasteiger partial charge in [-0.3, -0.25) is 0 Å². The number of phenolic OH excluding ortho intramolecular Hbond substituents is 1.